The van der Waals surface area contributed by atoms with Gasteiger partial charge >= 0.3 is 0 Å². The van der Waals surface area contributed by atoms with Crippen LogP contribution < -0.4 is 0 Å². The number of carbonyl (C=O) groups is 1. The molecule has 11 heteroatoms. The first kappa shape index (κ1) is 22.1. The second-order valence-electron chi connectivity index (χ2n) is 8.19. The number of nitrogens with zero attached hydrogens (tertiary/aromatic N) is 5. The molecule has 1 aliphatic rings. The number of alkyl halides is 2. The highest BCUT2D eigenvalue weighted by Crippen LogP contribution is 2.38. The van der Waals surface area contributed by atoms with Crippen LogP contribution in [0.25, 0.3) is 16.8 Å². The Kier molecular flexibility index (Phi) is 5.34. The highest BCUT2D eigenvalue weighted by molar-refractivity contribution is 5.98. The van der Waals surface area contributed by atoms with Gasteiger partial charge in [0.05, 0.1) is 24.0 Å². The summed E-state index contributed by atoms with van der Waals surface area (Å²) in [4.78, 5) is 19.6. The van der Waals surface area contributed by atoms with Gasteiger partial charge in [0.1, 0.15) is 17.0 Å². The Hall–Kier alpha value is -3.76. The molecule has 7 nitrogen and oxygen atoms in total. The molecule has 34 heavy (non-hydrogen) atoms. The van der Waals surface area contributed by atoms with Crippen molar-refractivity contribution in [2.45, 2.75) is 38.2 Å². The summed E-state index contributed by atoms with van der Waals surface area (Å²) >= 11 is 0. The third kappa shape index (κ3) is 3.80. The van der Waals surface area contributed by atoms with Gasteiger partial charge in [-0.25, -0.2) is 22.5 Å². The van der Waals surface area contributed by atoms with Gasteiger partial charge < -0.3 is 9.32 Å². The van der Waals surface area contributed by atoms with Crippen LogP contribution in [0, 0.1) is 18.6 Å². The van der Waals surface area contributed by atoms with Crippen molar-refractivity contribution in [1.29, 1.82) is 0 Å². The van der Waals surface area contributed by atoms with Gasteiger partial charge in [0.2, 0.25) is 0 Å². The van der Waals surface area contributed by atoms with E-state index in [0.717, 1.165) is 9.70 Å². The van der Waals surface area contributed by atoms with Gasteiger partial charge in [-0.15, -0.1) is 4.80 Å². The van der Waals surface area contributed by atoms with Crippen LogP contribution in [0.1, 0.15) is 34.7 Å². The second-order valence-corrected chi connectivity index (χ2v) is 8.19. The normalized spacial score (nSPS) is 17.6. The zero-order valence-corrected chi connectivity index (χ0v) is 18.0. The average molecular weight is 473 g/mol. The minimum absolute atomic E-state index is 0.0101. The van der Waals surface area contributed by atoms with Crippen molar-refractivity contribution in [2.75, 3.05) is 6.54 Å². The molecular formula is C23H19F4N5O2. The quantitative estimate of drug-likeness (QED) is 0.400. The molecule has 1 aliphatic heterocycles. The molecule has 0 N–H and O–H groups in total. The summed E-state index contributed by atoms with van der Waals surface area (Å²) in [6, 6.07) is 5.19. The van der Waals surface area contributed by atoms with E-state index in [1.807, 2.05) is 0 Å². The van der Waals surface area contributed by atoms with Gasteiger partial charge in [-0.2, -0.15) is 10.2 Å². The van der Waals surface area contributed by atoms with Gasteiger partial charge in [0.15, 0.2) is 17.3 Å². The van der Waals surface area contributed by atoms with E-state index in [2.05, 4.69) is 15.2 Å². The van der Waals surface area contributed by atoms with Gasteiger partial charge in [-0.3, -0.25) is 4.79 Å². The van der Waals surface area contributed by atoms with E-state index >= 15 is 0 Å². The third-order valence-electron chi connectivity index (χ3n) is 6.00. The molecule has 0 bridgehead atoms. The number of carbonyl (C=O) groups excluding carboxylic acids is 1. The van der Waals surface area contributed by atoms with E-state index in [0.29, 0.717) is 5.52 Å². The molecule has 2 aromatic carbocycles. The zero-order valence-electron chi connectivity index (χ0n) is 18.0. The molecule has 1 amide bonds. The molecule has 0 saturated carbocycles. The van der Waals surface area contributed by atoms with Crippen molar-refractivity contribution in [2.24, 2.45) is 0 Å². The molecule has 0 radical (unpaired) electrons. The minimum Gasteiger partial charge on any atom is -0.441 e. The molecule has 0 aliphatic carbocycles. The van der Waals surface area contributed by atoms with E-state index < -0.39 is 35.9 Å². The maximum absolute atomic E-state index is 15.0. The van der Waals surface area contributed by atoms with Crippen molar-refractivity contribution in [3.8, 4) is 5.69 Å². The summed E-state index contributed by atoms with van der Waals surface area (Å²) in [6.45, 7) is 1.33. The van der Waals surface area contributed by atoms with Gasteiger partial charge in [-0.1, -0.05) is 6.07 Å². The Morgan fingerprint density at radius 3 is 2.71 bits per heavy atom. The smallest absolute Gasteiger partial charge is 0.269 e. The summed E-state index contributed by atoms with van der Waals surface area (Å²) in [5.74, 6) is -4.93. The van der Waals surface area contributed by atoms with Crippen LogP contribution >= 0.6 is 0 Å². The Morgan fingerprint density at radius 1 is 1.18 bits per heavy atom. The van der Waals surface area contributed by atoms with Crippen molar-refractivity contribution in [3.63, 3.8) is 0 Å². The Bertz CT molecular complexity index is 1370. The monoisotopic (exact) mass is 473 g/mol. The van der Waals surface area contributed by atoms with Gasteiger partial charge in [0.25, 0.3) is 11.8 Å². The number of halogens is 4. The molecular weight excluding hydrogens is 454 g/mol. The van der Waals surface area contributed by atoms with E-state index in [1.165, 1.54) is 49.6 Å². The number of aromatic nitrogens is 4. The zero-order chi connectivity index (χ0) is 24.0. The van der Waals surface area contributed by atoms with Crippen LogP contribution in [-0.2, 0) is 6.42 Å². The highest BCUT2D eigenvalue weighted by Gasteiger charge is 2.50. The predicted octanol–water partition coefficient (Wildman–Crippen LogP) is 4.48. The molecule has 3 heterocycles. The first-order valence-corrected chi connectivity index (χ1v) is 10.6. The van der Waals surface area contributed by atoms with Gasteiger partial charge in [-0.05, 0) is 37.1 Å². The van der Waals surface area contributed by atoms with Crippen LogP contribution in [0.15, 0.2) is 47.1 Å². The fourth-order valence-corrected chi connectivity index (χ4v) is 4.26. The summed E-state index contributed by atoms with van der Waals surface area (Å²) in [5.41, 5.74) is 0.588. The van der Waals surface area contributed by atoms with Crippen LogP contribution in [0.2, 0.25) is 0 Å². The lowest BCUT2D eigenvalue weighted by molar-refractivity contribution is -0.0323. The second kappa shape index (κ2) is 8.23. The summed E-state index contributed by atoms with van der Waals surface area (Å²) < 4.78 is 63.5. The molecule has 0 spiro atoms. The van der Waals surface area contributed by atoms with Crippen LogP contribution in [0.5, 0.6) is 0 Å². The molecule has 1 atom stereocenters. The maximum Gasteiger partial charge on any atom is 0.269 e. The van der Waals surface area contributed by atoms with Crippen molar-refractivity contribution >= 4 is 17.0 Å². The van der Waals surface area contributed by atoms with Crippen molar-refractivity contribution < 1.29 is 26.8 Å². The lowest BCUT2D eigenvalue weighted by Crippen LogP contribution is -2.43. The summed E-state index contributed by atoms with van der Waals surface area (Å²) in [7, 11) is 0. The molecule has 1 saturated heterocycles. The average Bonchev–Trinajstić information content (AvgIpc) is 3.52. The maximum atomic E-state index is 15.0. The van der Waals surface area contributed by atoms with Crippen LogP contribution in [0.4, 0.5) is 17.6 Å². The van der Waals surface area contributed by atoms with E-state index in [-0.39, 0.29) is 47.7 Å². The molecule has 5 rings (SSSR count). The Morgan fingerprint density at radius 2 is 1.94 bits per heavy atom. The number of aryl methyl sites for hydroxylation is 2. The lowest BCUT2D eigenvalue weighted by Gasteiger charge is -2.28. The number of fused-ring (bicyclic) bond motifs is 1. The van der Waals surface area contributed by atoms with E-state index in [1.54, 1.807) is 0 Å². The largest absolute Gasteiger partial charge is 0.441 e. The Labute approximate surface area is 191 Å². The topological polar surface area (TPSA) is 77.0 Å². The lowest BCUT2D eigenvalue weighted by atomic mass is 10.0. The fourth-order valence-electron chi connectivity index (χ4n) is 4.26. The summed E-state index contributed by atoms with van der Waals surface area (Å²) in [6.07, 6.45) is 2.00. The van der Waals surface area contributed by atoms with Gasteiger partial charge in [0, 0.05) is 25.5 Å². The highest BCUT2D eigenvalue weighted by atomic mass is 19.3. The first-order chi connectivity index (χ1) is 16.2. The van der Waals surface area contributed by atoms with E-state index in [4.69, 9.17) is 4.42 Å². The van der Waals surface area contributed by atoms with Crippen molar-refractivity contribution in [3.05, 3.63) is 71.4 Å². The van der Waals surface area contributed by atoms with Crippen LogP contribution in [-0.4, -0.2) is 49.3 Å². The molecule has 2 aromatic heterocycles. The number of oxazole rings is 1. The number of hydrogen-bond donors (Lipinski definition) is 0. The molecule has 0 unspecified atom stereocenters. The van der Waals surface area contributed by atoms with E-state index in [9.17, 15) is 22.4 Å². The minimum atomic E-state index is -3.15. The molecule has 4 aromatic rings. The molecule has 176 valence electrons. The van der Waals surface area contributed by atoms with Crippen molar-refractivity contribution in [1.82, 2.24) is 24.9 Å². The number of rotatable bonds is 5. The first-order valence-electron chi connectivity index (χ1n) is 10.6. The standard InChI is InChI=1S/C23H19F4N5O2/c1-13-2-4-15(21(20(13)25)32-28-9-10-29-32)22(33)31-11-8-23(26,27)18(31)6-7-19-30-16-5-3-14(24)12-17(16)34-19/h2-5,9-10,12,18H,6-8,11H2,1H3/t18-/m1/s1. The summed E-state index contributed by atoms with van der Waals surface area (Å²) in [5, 5.41) is 7.82. The SMILES string of the molecule is Cc1ccc(C(=O)N2CCC(F)(F)[C@H]2CCc2nc3ccc(F)cc3o2)c(-n2nccn2)c1F. The van der Waals surface area contributed by atoms with Crippen LogP contribution in [0.3, 0.4) is 0 Å². The number of benzene rings is 2. The Balaban J connectivity index is 1.44. The third-order valence-corrected chi connectivity index (χ3v) is 6.00. The fraction of sp³-hybridized carbons (Fsp3) is 0.304. The number of amides is 1. The molecule has 1 fully saturated rings. The number of hydrogen-bond acceptors (Lipinski definition) is 5. The predicted molar refractivity (Wildman–Crippen MR) is 113 cm³/mol. The number of likely N-dealkylation sites (tertiary alicyclic amines) is 1.